The summed E-state index contributed by atoms with van der Waals surface area (Å²) in [6.07, 6.45) is -3.57. The average Bonchev–Trinajstić information content (AvgIpc) is 2.59. The summed E-state index contributed by atoms with van der Waals surface area (Å²) in [6.45, 7) is -0.913. The number of ether oxygens (including phenoxy) is 2. The third-order valence-electron chi connectivity index (χ3n) is 3.04. The SMILES string of the molecule is O=C(Nc1ccc(C(=O)O)cc1OCC(F)F)OCc1ccccc1. The van der Waals surface area contributed by atoms with Crippen LogP contribution in [-0.2, 0) is 11.3 Å². The van der Waals surface area contributed by atoms with Crippen LogP contribution in [0.4, 0.5) is 19.3 Å². The molecule has 1 amide bonds. The smallest absolute Gasteiger partial charge is 0.412 e. The quantitative estimate of drug-likeness (QED) is 0.793. The molecule has 8 heteroatoms. The number of rotatable bonds is 7. The van der Waals surface area contributed by atoms with Gasteiger partial charge < -0.3 is 14.6 Å². The lowest BCUT2D eigenvalue weighted by Gasteiger charge is -2.13. The fourth-order valence-electron chi connectivity index (χ4n) is 1.90. The van der Waals surface area contributed by atoms with Gasteiger partial charge in [0.25, 0.3) is 6.43 Å². The van der Waals surface area contributed by atoms with E-state index >= 15 is 0 Å². The molecule has 0 fully saturated rings. The standard InChI is InChI=1S/C17H15F2NO5/c18-15(19)10-24-14-8-12(16(21)22)6-7-13(14)20-17(23)25-9-11-4-2-1-3-5-11/h1-8,15H,9-10H2,(H,20,23)(H,21,22). The Morgan fingerprint density at radius 1 is 1.12 bits per heavy atom. The van der Waals surface area contributed by atoms with E-state index in [1.165, 1.54) is 12.1 Å². The summed E-state index contributed by atoms with van der Waals surface area (Å²) in [5.74, 6) is -1.43. The number of benzene rings is 2. The number of alkyl halides is 2. The highest BCUT2D eigenvalue weighted by molar-refractivity contribution is 5.91. The van der Waals surface area contributed by atoms with Crippen molar-refractivity contribution >= 4 is 17.7 Å². The van der Waals surface area contributed by atoms with Crippen molar-refractivity contribution in [1.82, 2.24) is 0 Å². The van der Waals surface area contributed by atoms with Crippen LogP contribution < -0.4 is 10.1 Å². The van der Waals surface area contributed by atoms with Crippen molar-refractivity contribution in [3.05, 3.63) is 59.7 Å². The number of aromatic carboxylic acids is 1. The second-order valence-corrected chi connectivity index (χ2v) is 4.90. The molecule has 0 saturated heterocycles. The lowest BCUT2D eigenvalue weighted by atomic mass is 10.2. The number of carboxylic acids is 1. The van der Waals surface area contributed by atoms with Crippen LogP contribution in [0.2, 0.25) is 0 Å². The molecule has 0 spiro atoms. The Hall–Kier alpha value is -3.16. The molecule has 0 aromatic heterocycles. The maximum atomic E-state index is 12.3. The molecule has 6 nitrogen and oxygen atoms in total. The zero-order valence-corrected chi connectivity index (χ0v) is 12.9. The fourth-order valence-corrected chi connectivity index (χ4v) is 1.90. The monoisotopic (exact) mass is 351 g/mol. The number of hydrogen-bond donors (Lipinski definition) is 2. The molecular formula is C17H15F2NO5. The number of carboxylic acid groups (broad SMARTS) is 1. The number of carbonyl (C=O) groups is 2. The van der Waals surface area contributed by atoms with Gasteiger partial charge in [0.2, 0.25) is 0 Å². The van der Waals surface area contributed by atoms with Gasteiger partial charge in [-0.3, -0.25) is 5.32 Å². The molecule has 0 heterocycles. The lowest BCUT2D eigenvalue weighted by Crippen LogP contribution is -2.16. The first-order valence-electron chi connectivity index (χ1n) is 7.21. The molecule has 0 atom stereocenters. The molecule has 0 bridgehead atoms. The Morgan fingerprint density at radius 3 is 2.48 bits per heavy atom. The number of carbonyl (C=O) groups excluding carboxylic acids is 1. The van der Waals surface area contributed by atoms with Crippen molar-refractivity contribution in [2.45, 2.75) is 13.0 Å². The third kappa shape index (κ3) is 5.76. The zero-order chi connectivity index (χ0) is 18.2. The Morgan fingerprint density at radius 2 is 1.84 bits per heavy atom. The summed E-state index contributed by atoms with van der Waals surface area (Å²) in [4.78, 5) is 22.8. The summed E-state index contributed by atoms with van der Waals surface area (Å²) < 4.78 is 34.5. The minimum Gasteiger partial charge on any atom is -0.485 e. The molecule has 132 valence electrons. The van der Waals surface area contributed by atoms with Gasteiger partial charge in [-0.15, -0.1) is 0 Å². The van der Waals surface area contributed by atoms with Crippen molar-refractivity contribution in [3.63, 3.8) is 0 Å². The van der Waals surface area contributed by atoms with Gasteiger partial charge >= 0.3 is 12.1 Å². The van der Waals surface area contributed by atoms with E-state index in [-0.39, 0.29) is 23.6 Å². The average molecular weight is 351 g/mol. The van der Waals surface area contributed by atoms with Crippen LogP contribution in [0.25, 0.3) is 0 Å². The molecule has 0 aliphatic carbocycles. The van der Waals surface area contributed by atoms with E-state index in [9.17, 15) is 18.4 Å². The lowest BCUT2D eigenvalue weighted by molar-refractivity contribution is 0.0695. The molecule has 0 aliphatic heterocycles. The molecule has 0 unspecified atom stereocenters. The molecule has 25 heavy (non-hydrogen) atoms. The van der Waals surface area contributed by atoms with E-state index in [0.717, 1.165) is 11.6 Å². The Labute approximate surface area is 142 Å². The highest BCUT2D eigenvalue weighted by atomic mass is 19.3. The van der Waals surface area contributed by atoms with Gasteiger partial charge in [-0.05, 0) is 23.8 Å². The van der Waals surface area contributed by atoms with Gasteiger partial charge in [0, 0.05) is 0 Å². The summed E-state index contributed by atoms with van der Waals surface area (Å²) >= 11 is 0. The molecule has 2 N–H and O–H groups in total. The highest BCUT2D eigenvalue weighted by Gasteiger charge is 2.14. The van der Waals surface area contributed by atoms with Crippen LogP contribution in [0.5, 0.6) is 5.75 Å². The molecule has 0 radical (unpaired) electrons. The van der Waals surface area contributed by atoms with Crippen molar-refractivity contribution in [3.8, 4) is 5.75 Å². The van der Waals surface area contributed by atoms with Crippen molar-refractivity contribution in [2.75, 3.05) is 11.9 Å². The number of anilines is 1. The van der Waals surface area contributed by atoms with Crippen LogP contribution >= 0.6 is 0 Å². The molecule has 0 aliphatic rings. The summed E-state index contributed by atoms with van der Waals surface area (Å²) in [6, 6.07) is 12.4. The van der Waals surface area contributed by atoms with Crippen molar-refractivity contribution in [1.29, 1.82) is 0 Å². The van der Waals surface area contributed by atoms with Crippen LogP contribution in [0.15, 0.2) is 48.5 Å². The maximum absolute atomic E-state index is 12.3. The largest absolute Gasteiger partial charge is 0.485 e. The molecular weight excluding hydrogens is 336 g/mol. The van der Waals surface area contributed by atoms with E-state index in [1.807, 2.05) is 6.07 Å². The van der Waals surface area contributed by atoms with Gasteiger partial charge in [0.05, 0.1) is 11.3 Å². The molecule has 2 aromatic rings. The zero-order valence-electron chi connectivity index (χ0n) is 12.9. The molecule has 2 aromatic carbocycles. The molecule has 0 saturated carbocycles. The first kappa shape index (κ1) is 18.2. The van der Waals surface area contributed by atoms with E-state index in [2.05, 4.69) is 5.32 Å². The van der Waals surface area contributed by atoms with Crippen LogP contribution in [0.3, 0.4) is 0 Å². The summed E-state index contributed by atoms with van der Waals surface area (Å²) in [7, 11) is 0. The van der Waals surface area contributed by atoms with E-state index in [4.69, 9.17) is 14.6 Å². The number of hydrogen-bond acceptors (Lipinski definition) is 4. The predicted octanol–water partition coefficient (Wildman–Crippen LogP) is 3.78. The highest BCUT2D eigenvalue weighted by Crippen LogP contribution is 2.27. The van der Waals surface area contributed by atoms with Crippen molar-refractivity contribution in [2.24, 2.45) is 0 Å². The second kappa shape index (κ2) is 8.62. The summed E-state index contributed by atoms with van der Waals surface area (Å²) in [5.41, 5.74) is 0.643. The maximum Gasteiger partial charge on any atom is 0.412 e. The van der Waals surface area contributed by atoms with E-state index in [0.29, 0.717) is 0 Å². The Bertz CT molecular complexity index is 737. The van der Waals surface area contributed by atoms with Gasteiger partial charge in [-0.25, -0.2) is 18.4 Å². The molecule has 2 rings (SSSR count). The van der Waals surface area contributed by atoms with Gasteiger partial charge in [-0.2, -0.15) is 0 Å². The van der Waals surface area contributed by atoms with Crippen LogP contribution in [0, 0.1) is 0 Å². The Balaban J connectivity index is 2.05. The number of halogens is 2. The van der Waals surface area contributed by atoms with Gasteiger partial charge in [0.1, 0.15) is 19.0 Å². The van der Waals surface area contributed by atoms with E-state index in [1.54, 1.807) is 24.3 Å². The Kier molecular flexibility index (Phi) is 6.27. The normalized spacial score (nSPS) is 10.4. The van der Waals surface area contributed by atoms with Crippen molar-refractivity contribution < 1.29 is 33.0 Å². The minimum absolute atomic E-state index is 0.0209. The van der Waals surface area contributed by atoms with Crippen LogP contribution in [-0.4, -0.2) is 30.2 Å². The first-order valence-corrected chi connectivity index (χ1v) is 7.21. The first-order chi connectivity index (χ1) is 12.0. The number of nitrogens with one attached hydrogen (secondary N) is 1. The van der Waals surface area contributed by atoms with Gasteiger partial charge in [-0.1, -0.05) is 30.3 Å². The number of amides is 1. The minimum atomic E-state index is -2.74. The third-order valence-corrected chi connectivity index (χ3v) is 3.04. The van der Waals surface area contributed by atoms with Crippen LogP contribution in [0.1, 0.15) is 15.9 Å². The topological polar surface area (TPSA) is 84.9 Å². The van der Waals surface area contributed by atoms with Gasteiger partial charge in [0.15, 0.2) is 0 Å². The fraction of sp³-hybridized carbons (Fsp3) is 0.176. The second-order valence-electron chi connectivity index (χ2n) is 4.90. The predicted molar refractivity (Wildman–Crippen MR) is 85.2 cm³/mol. The van der Waals surface area contributed by atoms with E-state index < -0.39 is 25.1 Å². The summed E-state index contributed by atoms with van der Waals surface area (Å²) in [5, 5.41) is 11.3.